The van der Waals surface area contributed by atoms with Gasteiger partial charge in [0.1, 0.15) is 0 Å². The minimum absolute atomic E-state index is 0.186. The van der Waals surface area contributed by atoms with Crippen LogP contribution < -0.4 is 5.32 Å². The molecule has 4 heteroatoms. The van der Waals surface area contributed by atoms with Crippen molar-refractivity contribution in [2.24, 2.45) is 0 Å². The van der Waals surface area contributed by atoms with Gasteiger partial charge in [-0.2, -0.15) is 0 Å². The predicted octanol–water partition coefficient (Wildman–Crippen LogP) is 3.70. The summed E-state index contributed by atoms with van der Waals surface area (Å²) >= 11 is 5.86. The van der Waals surface area contributed by atoms with Gasteiger partial charge >= 0.3 is 0 Å². The van der Waals surface area contributed by atoms with Crippen molar-refractivity contribution in [3.63, 3.8) is 0 Å². The highest BCUT2D eigenvalue weighted by Crippen LogP contribution is 2.19. The summed E-state index contributed by atoms with van der Waals surface area (Å²) in [6.07, 6.45) is 6.57. The molecular weight excluding hydrogens is 260 g/mol. The second kappa shape index (κ2) is 6.16. The third kappa shape index (κ3) is 3.93. The van der Waals surface area contributed by atoms with Crippen LogP contribution in [-0.4, -0.2) is 10.9 Å². The summed E-state index contributed by atoms with van der Waals surface area (Å²) < 4.78 is 0. The number of pyridine rings is 1. The molecule has 1 aromatic carbocycles. The molecule has 0 atom stereocenters. The van der Waals surface area contributed by atoms with Crippen LogP contribution in [0.4, 0.5) is 5.69 Å². The van der Waals surface area contributed by atoms with Crippen molar-refractivity contribution in [1.82, 2.24) is 4.98 Å². The van der Waals surface area contributed by atoms with Gasteiger partial charge in [0.2, 0.25) is 5.91 Å². The van der Waals surface area contributed by atoms with Gasteiger partial charge in [0, 0.05) is 29.2 Å². The minimum atomic E-state index is -0.186. The monoisotopic (exact) mass is 272 g/mol. The van der Waals surface area contributed by atoms with Gasteiger partial charge in [-0.25, -0.2) is 0 Å². The smallest absolute Gasteiger partial charge is 0.248 e. The number of anilines is 1. The van der Waals surface area contributed by atoms with Crippen molar-refractivity contribution < 1.29 is 4.79 Å². The number of hydrogen-bond donors (Lipinski definition) is 1. The maximum atomic E-state index is 11.8. The molecule has 1 heterocycles. The van der Waals surface area contributed by atoms with Gasteiger partial charge in [-0.3, -0.25) is 9.78 Å². The number of carbonyl (C=O) groups is 1. The number of rotatable bonds is 3. The Morgan fingerprint density at radius 1 is 1.37 bits per heavy atom. The first-order valence-corrected chi connectivity index (χ1v) is 6.18. The van der Waals surface area contributed by atoms with E-state index in [4.69, 9.17) is 11.6 Å². The summed E-state index contributed by atoms with van der Waals surface area (Å²) in [7, 11) is 0. The molecule has 2 rings (SSSR count). The summed E-state index contributed by atoms with van der Waals surface area (Å²) in [6, 6.07) is 9.04. The standard InChI is InChI=1S/C15H13ClN2O/c1-11-9-13(16)5-6-14(11)18-15(19)7-4-12-3-2-8-17-10-12/h2-10H,1H3,(H,18,19)/b7-4+. The normalized spacial score (nSPS) is 10.6. The van der Waals surface area contributed by atoms with Crippen LogP contribution in [0.15, 0.2) is 48.8 Å². The molecule has 0 bridgehead atoms. The predicted molar refractivity (Wildman–Crippen MR) is 78.1 cm³/mol. The number of amides is 1. The lowest BCUT2D eigenvalue weighted by Crippen LogP contribution is -2.08. The second-order valence-electron chi connectivity index (χ2n) is 4.07. The van der Waals surface area contributed by atoms with E-state index in [9.17, 15) is 4.79 Å². The molecule has 3 nitrogen and oxygen atoms in total. The van der Waals surface area contributed by atoms with Gasteiger partial charge < -0.3 is 5.32 Å². The Morgan fingerprint density at radius 2 is 2.21 bits per heavy atom. The first-order chi connectivity index (χ1) is 9.15. The third-order valence-electron chi connectivity index (χ3n) is 2.56. The number of carbonyl (C=O) groups excluding carboxylic acids is 1. The highest BCUT2D eigenvalue weighted by molar-refractivity contribution is 6.30. The van der Waals surface area contributed by atoms with E-state index in [1.165, 1.54) is 6.08 Å². The van der Waals surface area contributed by atoms with Crippen molar-refractivity contribution >= 4 is 29.3 Å². The van der Waals surface area contributed by atoms with Crippen molar-refractivity contribution in [3.05, 3.63) is 65.0 Å². The molecule has 1 aromatic heterocycles. The van der Waals surface area contributed by atoms with Crippen LogP contribution >= 0.6 is 11.6 Å². The number of hydrogen-bond acceptors (Lipinski definition) is 2. The Bertz CT molecular complexity index is 609. The maximum Gasteiger partial charge on any atom is 0.248 e. The molecular formula is C15H13ClN2O. The highest BCUT2D eigenvalue weighted by Gasteiger charge is 2.02. The molecule has 2 aromatic rings. The molecule has 96 valence electrons. The fourth-order valence-electron chi connectivity index (χ4n) is 1.59. The topological polar surface area (TPSA) is 42.0 Å². The molecule has 1 amide bonds. The highest BCUT2D eigenvalue weighted by atomic mass is 35.5. The van der Waals surface area contributed by atoms with Crippen LogP contribution in [0, 0.1) is 6.92 Å². The summed E-state index contributed by atoms with van der Waals surface area (Å²) in [6.45, 7) is 1.90. The lowest BCUT2D eigenvalue weighted by Gasteiger charge is -2.06. The second-order valence-corrected chi connectivity index (χ2v) is 4.50. The van der Waals surface area contributed by atoms with E-state index in [0.717, 1.165) is 16.8 Å². The third-order valence-corrected chi connectivity index (χ3v) is 2.79. The first kappa shape index (κ1) is 13.3. The van der Waals surface area contributed by atoms with Gasteiger partial charge in [-0.05, 0) is 48.4 Å². The van der Waals surface area contributed by atoms with Crippen molar-refractivity contribution in [1.29, 1.82) is 0 Å². The van der Waals surface area contributed by atoms with E-state index in [2.05, 4.69) is 10.3 Å². The zero-order valence-corrected chi connectivity index (χ0v) is 11.2. The van der Waals surface area contributed by atoms with Crippen LogP contribution in [0.2, 0.25) is 5.02 Å². The van der Waals surface area contributed by atoms with Gasteiger partial charge in [-0.1, -0.05) is 17.7 Å². The average Bonchev–Trinajstić information content (AvgIpc) is 2.41. The number of benzene rings is 1. The van der Waals surface area contributed by atoms with Crippen LogP contribution in [0.3, 0.4) is 0 Å². The Morgan fingerprint density at radius 3 is 2.89 bits per heavy atom. The zero-order valence-electron chi connectivity index (χ0n) is 10.4. The van der Waals surface area contributed by atoms with Crippen LogP contribution in [0.1, 0.15) is 11.1 Å². The van der Waals surface area contributed by atoms with E-state index in [-0.39, 0.29) is 5.91 Å². The number of aryl methyl sites for hydroxylation is 1. The molecule has 0 spiro atoms. The van der Waals surface area contributed by atoms with E-state index in [1.807, 2.05) is 25.1 Å². The average molecular weight is 273 g/mol. The van der Waals surface area contributed by atoms with Gasteiger partial charge in [-0.15, -0.1) is 0 Å². The fourth-order valence-corrected chi connectivity index (χ4v) is 1.81. The van der Waals surface area contributed by atoms with E-state index >= 15 is 0 Å². The SMILES string of the molecule is Cc1cc(Cl)ccc1NC(=O)/C=C/c1cccnc1. The molecule has 0 saturated heterocycles. The lowest BCUT2D eigenvalue weighted by atomic mass is 10.2. The lowest BCUT2D eigenvalue weighted by molar-refractivity contribution is -0.111. The summed E-state index contributed by atoms with van der Waals surface area (Å²) in [5.74, 6) is -0.186. The molecule has 19 heavy (non-hydrogen) atoms. The van der Waals surface area contributed by atoms with Crippen LogP contribution in [-0.2, 0) is 4.79 Å². The first-order valence-electron chi connectivity index (χ1n) is 5.80. The van der Waals surface area contributed by atoms with Crippen LogP contribution in [0.25, 0.3) is 6.08 Å². The van der Waals surface area contributed by atoms with Crippen molar-refractivity contribution in [3.8, 4) is 0 Å². The fraction of sp³-hybridized carbons (Fsp3) is 0.0667. The Labute approximate surface area is 116 Å². The van der Waals surface area contributed by atoms with Crippen molar-refractivity contribution in [2.45, 2.75) is 6.92 Å². The van der Waals surface area contributed by atoms with E-state index in [1.54, 1.807) is 30.6 Å². The van der Waals surface area contributed by atoms with E-state index in [0.29, 0.717) is 5.02 Å². The minimum Gasteiger partial charge on any atom is -0.322 e. The summed E-state index contributed by atoms with van der Waals surface area (Å²) in [5.41, 5.74) is 2.56. The number of nitrogens with zero attached hydrogens (tertiary/aromatic N) is 1. The molecule has 1 N–H and O–H groups in total. The molecule has 0 saturated carbocycles. The Kier molecular flexibility index (Phi) is 4.31. The molecule has 0 unspecified atom stereocenters. The summed E-state index contributed by atoms with van der Waals surface area (Å²) in [4.78, 5) is 15.7. The van der Waals surface area contributed by atoms with E-state index < -0.39 is 0 Å². The Balaban J connectivity index is 2.04. The molecule has 0 fully saturated rings. The Hall–Kier alpha value is -2.13. The molecule has 0 aliphatic rings. The van der Waals surface area contributed by atoms with Crippen molar-refractivity contribution in [2.75, 3.05) is 5.32 Å². The van der Waals surface area contributed by atoms with Gasteiger partial charge in [0.25, 0.3) is 0 Å². The zero-order chi connectivity index (χ0) is 13.7. The largest absolute Gasteiger partial charge is 0.322 e. The molecule has 0 aliphatic carbocycles. The van der Waals surface area contributed by atoms with Gasteiger partial charge in [0.05, 0.1) is 0 Å². The van der Waals surface area contributed by atoms with Crippen LogP contribution in [0.5, 0.6) is 0 Å². The summed E-state index contributed by atoms with van der Waals surface area (Å²) in [5, 5.41) is 3.46. The number of halogens is 1. The van der Waals surface area contributed by atoms with Gasteiger partial charge in [0.15, 0.2) is 0 Å². The maximum absolute atomic E-state index is 11.8. The quantitative estimate of drug-likeness (QED) is 0.866. The number of nitrogens with one attached hydrogen (secondary N) is 1. The number of aromatic nitrogens is 1. The molecule has 0 aliphatic heterocycles. The molecule has 0 radical (unpaired) electrons.